The van der Waals surface area contributed by atoms with E-state index in [-0.39, 0.29) is 6.10 Å². The van der Waals surface area contributed by atoms with Crippen LogP contribution in [0.15, 0.2) is 0 Å². The largest absolute Gasteiger partial charge is 0.484 e. The number of hydrogen-bond donors (Lipinski definition) is 1. The third kappa shape index (κ3) is 3.03. The molecule has 2 rings (SSSR count). The molecule has 1 aliphatic heterocycles. The summed E-state index contributed by atoms with van der Waals surface area (Å²) in [6.45, 7) is 10.6. The van der Waals surface area contributed by atoms with E-state index in [1.807, 2.05) is 25.6 Å². The maximum absolute atomic E-state index is 5.91. The molecule has 1 aromatic heterocycles. The van der Waals surface area contributed by atoms with Crippen LogP contribution in [0.25, 0.3) is 0 Å². The van der Waals surface area contributed by atoms with Gasteiger partial charge in [0.2, 0.25) is 0 Å². The number of nitrogen functional groups attached to an aromatic ring is 1. The molecule has 0 aromatic carbocycles. The second-order valence-corrected chi connectivity index (χ2v) is 7.66. The van der Waals surface area contributed by atoms with Gasteiger partial charge in [-0.15, -0.1) is 0 Å². The molecule has 1 aromatic rings. The number of anilines is 2. The molecule has 0 radical (unpaired) electrons. The molecule has 2 N–H and O–H groups in total. The van der Waals surface area contributed by atoms with Gasteiger partial charge >= 0.3 is 0 Å². The van der Waals surface area contributed by atoms with Crippen molar-refractivity contribution in [3.63, 3.8) is 0 Å². The number of hydrogen-bond acceptors (Lipinski definition) is 6. The zero-order valence-electron chi connectivity index (χ0n) is 11.3. The molecular weight excluding hydrogens is 266 g/mol. The first kappa shape index (κ1) is 13.8. The Bertz CT molecular complexity index is 398. The lowest BCUT2D eigenvalue weighted by Gasteiger charge is -2.35. The van der Waals surface area contributed by atoms with Crippen molar-refractivity contribution < 1.29 is 4.74 Å². The Morgan fingerprint density at radius 2 is 1.94 bits per heavy atom. The summed E-state index contributed by atoms with van der Waals surface area (Å²) in [5.74, 6) is 1.28. The van der Waals surface area contributed by atoms with Crippen molar-refractivity contribution in [3.05, 3.63) is 0 Å². The van der Waals surface area contributed by atoms with Gasteiger partial charge in [-0.1, -0.05) is 13.8 Å². The van der Waals surface area contributed by atoms with Crippen LogP contribution < -0.4 is 15.4 Å². The van der Waals surface area contributed by atoms with E-state index in [0.717, 1.165) is 23.8 Å². The average molecular weight is 287 g/mol. The zero-order valence-corrected chi connectivity index (χ0v) is 13.0. The molecule has 2 atom stereocenters. The second-order valence-electron chi connectivity index (χ2n) is 5.03. The predicted molar refractivity (Wildman–Crippen MR) is 81.0 cm³/mol. The SMILES string of the molecule is CC(C)Oc1c(N)nsc1N1CC(C)SC(C)C1. The predicted octanol–water partition coefficient (Wildman–Crippen LogP) is 2.84. The monoisotopic (exact) mass is 287 g/mol. The highest BCUT2D eigenvalue weighted by Crippen LogP contribution is 2.41. The molecule has 18 heavy (non-hydrogen) atoms. The Morgan fingerprint density at radius 1 is 1.33 bits per heavy atom. The first-order valence-corrected chi connectivity index (χ1v) is 8.01. The van der Waals surface area contributed by atoms with Gasteiger partial charge in [0.1, 0.15) is 0 Å². The van der Waals surface area contributed by atoms with E-state index in [2.05, 4.69) is 23.1 Å². The van der Waals surface area contributed by atoms with Crippen molar-refractivity contribution in [2.75, 3.05) is 23.7 Å². The number of rotatable bonds is 3. The summed E-state index contributed by atoms with van der Waals surface area (Å²) in [5.41, 5.74) is 5.91. The molecule has 0 aliphatic carbocycles. The summed E-state index contributed by atoms with van der Waals surface area (Å²) in [7, 11) is 0. The van der Waals surface area contributed by atoms with Crippen LogP contribution in [-0.4, -0.2) is 34.1 Å². The van der Waals surface area contributed by atoms with Crippen LogP contribution in [0.5, 0.6) is 5.75 Å². The van der Waals surface area contributed by atoms with Gasteiger partial charge in [-0.25, -0.2) is 0 Å². The molecule has 0 bridgehead atoms. The first-order valence-electron chi connectivity index (χ1n) is 6.29. The quantitative estimate of drug-likeness (QED) is 0.926. The molecule has 102 valence electrons. The summed E-state index contributed by atoms with van der Waals surface area (Å²) in [6, 6.07) is 0. The van der Waals surface area contributed by atoms with E-state index >= 15 is 0 Å². The Kier molecular flexibility index (Phi) is 4.27. The third-order valence-electron chi connectivity index (χ3n) is 2.72. The molecule has 1 fully saturated rings. The van der Waals surface area contributed by atoms with Gasteiger partial charge in [-0.2, -0.15) is 16.1 Å². The van der Waals surface area contributed by atoms with Crippen LogP contribution in [0.1, 0.15) is 27.7 Å². The van der Waals surface area contributed by atoms with Crippen LogP contribution in [0.4, 0.5) is 10.8 Å². The van der Waals surface area contributed by atoms with Crippen LogP contribution in [0.3, 0.4) is 0 Å². The lowest BCUT2D eigenvalue weighted by molar-refractivity contribution is 0.244. The fourth-order valence-electron chi connectivity index (χ4n) is 2.18. The van der Waals surface area contributed by atoms with E-state index in [1.165, 1.54) is 11.5 Å². The molecule has 0 spiro atoms. The van der Waals surface area contributed by atoms with Gasteiger partial charge < -0.3 is 15.4 Å². The van der Waals surface area contributed by atoms with E-state index in [9.17, 15) is 0 Å². The summed E-state index contributed by atoms with van der Waals surface area (Å²) >= 11 is 3.48. The Labute approximate surface area is 117 Å². The van der Waals surface area contributed by atoms with Crippen molar-refractivity contribution in [2.24, 2.45) is 0 Å². The maximum Gasteiger partial charge on any atom is 0.198 e. The summed E-state index contributed by atoms with van der Waals surface area (Å²) in [5, 5.41) is 2.34. The van der Waals surface area contributed by atoms with Gasteiger partial charge in [-0.05, 0) is 25.4 Å². The molecule has 2 unspecified atom stereocenters. The molecule has 2 heterocycles. The number of thioether (sulfide) groups is 1. The topological polar surface area (TPSA) is 51.4 Å². The van der Waals surface area contributed by atoms with E-state index < -0.39 is 0 Å². The van der Waals surface area contributed by atoms with Crippen LogP contribution in [0, 0.1) is 0 Å². The number of nitrogens with two attached hydrogens (primary N) is 1. The Morgan fingerprint density at radius 3 is 2.50 bits per heavy atom. The van der Waals surface area contributed by atoms with Gasteiger partial charge in [0, 0.05) is 23.6 Å². The van der Waals surface area contributed by atoms with Gasteiger partial charge in [0.05, 0.1) is 6.10 Å². The second kappa shape index (κ2) is 5.57. The molecule has 6 heteroatoms. The Balaban J connectivity index is 2.21. The minimum absolute atomic E-state index is 0.122. The highest BCUT2D eigenvalue weighted by molar-refractivity contribution is 8.00. The Hall–Kier alpha value is -0.620. The number of ether oxygens (including phenoxy) is 1. The maximum atomic E-state index is 5.91. The smallest absolute Gasteiger partial charge is 0.198 e. The van der Waals surface area contributed by atoms with Crippen LogP contribution >= 0.6 is 23.3 Å². The average Bonchev–Trinajstić information content (AvgIpc) is 2.58. The molecule has 0 saturated carbocycles. The normalized spacial score (nSPS) is 24.6. The first-order chi connectivity index (χ1) is 8.47. The molecule has 1 aliphatic rings. The lowest BCUT2D eigenvalue weighted by Crippen LogP contribution is -2.40. The van der Waals surface area contributed by atoms with Crippen molar-refractivity contribution in [3.8, 4) is 5.75 Å². The summed E-state index contributed by atoms with van der Waals surface area (Å²) in [6.07, 6.45) is 0.122. The van der Waals surface area contributed by atoms with Gasteiger partial charge in [0.15, 0.2) is 16.6 Å². The van der Waals surface area contributed by atoms with Crippen molar-refractivity contribution in [2.45, 2.75) is 44.3 Å². The minimum atomic E-state index is 0.122. The summed E-state index contributed by atoms with van der Waals surface area (Å²) < 4.78 is 10.1. The van der Waals surface area contributed by atoms with Crippen molar-refractivity contribution in [1.29, 1.82) is 0 Å². The van der Waals surface area contributed by atoms with Gasteiger partial charge in [-0.3, -0.25) is 0 Å². The van der Waals surface area contributed by atoms with Gasteiger partial charge in [0.25, 0.3) is 0 Å². The fourth-order valence-corrected chi connectivity index (χ4v) is 4.27. The fraction of sp³-hybridized carbons (Fsp3) is 0.750. The molecular formula is C12H21N3OS2. The van der Waals surface area contributed by atoms with E-state index in [0.29, 0.717) is 16.3 Å². The zero-order chi connectivity index (χ0) is 13.3. The van der Waals surface area contributed by atoms with Crippen LogP contribution in [0.2, 0.25) is 0 Å². The minimum Gasteiger partial charge on any atom is -0.484 e. The van der Waals surface area contributed by atoms with E-state index in [1.54, 1.807) is 0 Å². The lowest BCUT2D eigenvalue weighted by atomic mass is 10.3. The highest BCUT2D eigenvalue weighted by atomic mass is 32.2. The third-order valence-corrected chi connectivity index (χ3v) is 4.85. The summed E-state index contributed by atoms with van der Waals surface area (Å²) in [4.78, 5) is 2.36. The van der Waals surface area contributed by atoms with Crippen LogP contribution in [-0.2, 0) is 0 Å². The molecule has 0 amide bonds. The van der Waals surface area contributed by atoms with Crippen molar-refractivity contribution in [1.82, 2.24) is 4.37 Å². The molecule has 1 saturated heterocycles. The van der Waals surface area contributed by atoms with E-state index in [4.69, 9.17) is 10.5 Å². The number of nitrogens with zero attached hydrogens (tertiary/aromatic N) is 2. The standard InChI is InChI=1S/C12H21N3OS2/c1-7(2)16-10-11(13)14-18-12(10)15-5-8(3)17-9(4)6-15/h7-9H,5-6H2,1-4H3,(H2,13,14). The van der Waals surface area contributed by atoms with Crippen molar-refractivity contribution >= 4 is 34.1 Å². The highest BCUT2D eigenvalue weighted by Gasteiger charge is 2.27. The number of aromatic nitrogens is 1. The molecule has 4 nitrogen and oxygen atoms in total.